The molecule has 208 valence electrons. The largest absolute Gasteiger partial charge is 0.387 e. The molecule has 5 N–H and O–H groups in total. The molecule has 4 atom stereocenters. The van der Waals surface area contributed by atoms with E-state index in [0.29, 0.717) is 22.5 Å². The highest BCUT2D eigenvalue weighted by molar-refractivity contribution is 7.53. The standard InChI is InChI=1S/C24H33N4O9P/c1-5-35-38(34,36-6-2)13-16-7-9-17(10-8-16)27-18(29)11-25-22(32)21-19(30)20(31)23(37-21)28-12-14(3)15(4)26-24(28)33/h7-10,12,19-21,23,30-31H,4-6,11,13H2,1-3H3,(H,25,32)(H,26,33)(H,27,29)/t19-,20+,21-,23+/m0/s1. The molecule has 14 heteroatoms. The van der Waals surface area contributed by atoms with Gasteiger partial charge in [0.15, 0.2) is 12.3 Å². The van der Waals surface area contributed by atoms with Gasteiger partial charge in [-0.05, 0) is 44.0 Å². The van der Waals surface area contributed by atoms with Crippen molar-refractivity contribution in [2.45, 2.75) is 51.5 Å². The Kier molecular flexibility index (Phi) is 9.82. The molecule has 3 rings (SSSR count). The van der Waals surface area contributed by atoms with Gasteiger partial charge >= 0.3 is 13.6 Å². The first-order valence-electron chi connectivity index (χ1n) is 12.0. The smallest absolute Gasteiger partial charge is 0.335 e. The summed E-state index contributed by atoms with van der Waals surface area (Å²) in [4.78, 5) is 38.2. The van der Waals surface area contributed by atoms with Crippen LogP contribution in [0.15, 0.2) is 48.3 Å². The molecule has 0 aliphatic carbocycles. The first kappa shape index (κ1) is 29.5. The summed E-state index contributed by atoms with van der Waals surface area (Å²) in [6.45, 7) is 8.88. The highest BCUT2D eigenvalue weighted by Gasteiger charge is 2.50. The van der Waals surface area contributed by atoms with Gasteiger partial charge in [-0.15, -0.1) is 0 Å². The van der Waals surface area contributed by atoms with Gasteiger partial charge in [0, 0.05) is 17.6 Å². The minimum absolute atomic E-state index is 0.0821. The Morgan fingerprint density at radius 2 is 1.79 bits per heavy atom. The van der Waals surface area contributed by atoms with E-state index in [2.05, 4.69) is 22.5 Å². The number of ether oxygens (including phenoxy) is 1. The van der Waals surface area contributed by atoms with Crippen LogP contribution in [0.4, 0.5) is 10.5 Å². The van der Waals surface area contributed by atoms with Crippen molar-refractivity contribution < 1.29 is 42.9 Å². The second-order valence-electron chi connectivity index (χ2n) is 8.62. The van der Waals surface area contributed by atoms with Crippen LogP contribution in [0.3, 0.4) is 0 Å². The zero-order valence-corrected chi connectivity index (χ0v) is 22.3. The van der Waals surface area contributed by atoms with Crippen molar-refractivity contribution in [3.05, 3.63) is 53.9 Å². The maximum Gasteiger partial charge on any atom is 0.335 e. The van der Waals surface area contributed by atoms with E-state index < -0.39 is 56.5 Å². The van der Waals surface area contributed by atoms with E-state index in [0.717, 1.165) is 4.90 Å². The van der Waals surface area contributed by atoms with Gasteiger partial charge in [-0.25, -0.2) is 4.79 Å². The summed E-state index contributed by atoms with van der Waals surface area (Å²) in [5.74, 6) is -1.40. The average molecular weight is 553 g/mol. The molecule has 0 unspecified atom stereocenters. The van der Waals surface area contributed by atoms with Gasteiger partial charge in [0.25, 0.3) is 5.91 Å². The van der Waals surface area contributed by atoms with Crippen LogP contribution in [0.2, 0.25) is 0 Å². The van der Waals surface area contributed by atoms with Crippen molar-refractivity contribution in [2.75, 3.05) is 25.1 Å². The van der Waals surface area contributed by atoms with Crippen molar-refractivity contribution in [3.8, 4) is 0 Å². The molecule has 1 fully saturated rings. The SMILES string of the molecule is C=C1NC(=O)N([C@@H]2O[C@H](C(=O)NCC(=O)Nc3ccc(CP(=O)(OCC)OCC)cc3)[C@@H](O)[C@H]2O)C=C1C. The lowest BCUT2D eigenvalue weighted by molar-refractivity contribution is -0.139. The fraction of sp³-hybridized carbons (Fsp3) is 0.458. The lowest BCUT2D eigenvalue weighted by Crippen LogP contribution is -2.50. The fourth-order valence-corrected chi connectivity index (χ4v) is 5.55. The molecule has 2 aliphatic rings. The number of aliphatic hydroxyl groups excluding tert-OH is 2. The minimum atomic E-state index is -3.27. The Labute approximate surface area is 220 Å². The molecule has 4 amide bonds. The molecule has 1 aromatic carbocycles. The Morgan fingerprint density at radius 1 is 1.16 bits per heavy atom. The highest BCUT2D eigenvalue weighted by Crippen LogP contribution is 2.51. The van der Waals surface area contributed by atoms with Crippen LogP contribution in [0.25, 0.3) is 0 Å². The number of carbonyl (C=O) groups excluding carboxylic acids is 3. The van der Waals surface area contributed by atoms with Crippen LogP contribution in [-0.4, -0.2) is 77.3 Å². The van der Waals surface area contributed by atoms with Crippen LogP contribution < -0.4 is 16.0 Å². The van der Waals surface area contributed by atoms with E-state index in [1.807, 2.05) is 0 Å². The van der Waals surface area contributed by atoms with E-state index in [9.17, 15) is 29.2 Å². The molecule has 2 heterocycles. The number of urea groups is 1. The Balaban J connectivity index is 1.53. The number of nitrogens with zero attached hydrogens (tertiary/aromatic N) is 1. The predicted octanol–water partition coefficient (Wildman–Crippen LogP) is 1.40. The molecule has 0 bridgehead atoms. The summed E-state index contributed by atoms with van der Waals surface area (Å²) >= 11 is 0. The maximum atomic E-state index is 12.7. The number of hydrogen-bond donors (Lipinski definition) is 5. The second-order valence-corrected chi connectivity index (χ2v) is 10.7. The molecule has 0 saturated carbocycles. The quantitative estimate of drug-likeness (QED) is 0.254. The third kappa shape index (κ3) is 7.07. The highest BCUT2D eigenvalue weighted by atomic mass is 31.2. The van der Waals surface area contributed by atoms with E-state index in [1.165, 1.54) is 6.20 Å². The molecule has 13 nitrogen and oxygen atoms in total. The van der Waals surface area contributed by atoms with Crippen LogP contribution in [0.5, 0.6) is 0 Å². The van der Waals surface area contributed by atoms with Crippen molar-refractivity contribution in [2.24, 2.45) is 0 Å². The van der Waals surface area contributed by atoms with E-state index in [4.69, 9.17) is 13.8 Å². The molecule has 1 saturated heterocycles. The van der Waals surface area contributed by atoms with Gasteiger partial charge in [0.1, 0.15) is 12.2 Å². The summed E-state index contributed by atoms with van der Waals surface area (Å²) in [6.07, 6.45) is -4.56. The van der Waals surface area contributed by atoms with E-state index in [1.54, 1.807) is 45.0 Å². The zero-order valence-electron chi connectivity index (χ0n) is 21.4. The lowest BCUT2D eigenvalue weighted by atomic mass is 10.1. The average Bonchev–Trinajstić information content (AvgIpc) is 3.15. The molecule has 38 heavy (non-hydrogen) atoms. The van der Waals surface area contributed by atoms with Crippen LogP contribution >= 0.6 is 7.60 Å². The van der Waals surface area contributed by atoms with Crippen LogP contribution in [0, 0.1) is 0 Å². The van der Waals surface area contributed by atoms with Crippen molar-refractivity contribution in [1.82, 2.24) is 15.5 Å². The van der Waals surface area contributed by atoms with E-state index in [-0.39, 0.29) is 19.4 Å². The normalized spacial score (nSPS) is 23.6. The summed E-state index contributed by atoms with van der Waals surface area (Å²) in [5, 5.41) is 28.2. The zero-order chi connectivity index (χ0) is 28.0. The molecule has 0 spiro atoms. The molecular formula is C24H33N4O9P. The topological polar surface area (TPSA) is 176 Å². The number of rotatable bonds is 11. The minimum Gasteiger partial charge on any atom is -0.387 e. The summed E-state index contributed by atoms with van der Waals surface area (Å²) in [5.41, 5.74) is 2.11. The van der Waals surface area contributed by atoms with Crippen LogP contribution in [-0.2, 0) is 34.1 Å². The monoisotopic (exact) mass is 552 g/mol. The van der Waals surface area contributed by atoms with Gasteiger partial charge in [-0.3, -0.25) is 19.1 Å². The number of amides is 4. The maximum absolute atomic E-state index is 12.7. The third-order valence-corrected chi connectivity index (χ3v) is 7.82. The van der Waals surface area contributed by atoms with Crippen molar-refractivity contribution in [3.63, 3.8) is 0 Å². The summed E-state index contributed by atoms with van der Waals surface area (Å²) in [7, 11) is -3.27. The second kappa shape index (κ2) is 12.7. The van der Waals surface area contributed by atoms with Crippen LogP contribution in [0.1, 0.15) is 26.3 Å². The number of aliphatic hydroxyl groups is 2. The van der Waals surface area contributed by atoms with E-state index >= 15 is 0 Å². The molecule has 2 aliphatic heterocycles. The van der Waals surface area contributed by atoms with Crippen molar-refractivity contribution in [1.29, 1.82) is 0 Å². The van der Waals surface area contributed by atoms with Crippen molar-refractivity contribution >= 4 is 31.1 Å². The first-order chi connectivity index (χ1) is 18.0. The molecule has 0 radical (unpaired) electrons. The number of hydrogen-bond acceptors (Lipinski definition) is 9. The van der Waals surface area contributed by atoms with Gasteiger partial charge < -0.3 is 39.9 Å². The van der Waals surface area contributed by atoms with Gasteiger partial charge in [-0.2, -0.15) is 0 Å². The Hall–Kier alpha value is -3.06. The number of allylic oxidation sites excluding steroid dienone is 1. The molecular weight excluding hydrogens is 519 g/mol. The molecule has 0 aromatic heterocycles. The summed E-state index contributed by atoms with van der Waals surface area (Å²) < 4.78 is 28.7. The van der Waals surface area contributed by atoms with Gasteiger partial charge in [0.05, 0.1) is 25.9 Å². The molecule has 1 aromatic rings. The number of benzene rings is 1. The summed E-state index contributed by atoms with van der Waals surface area (Å²) in [6, 6.07) is 5.92. The predicted molar refractivity (Wildman–Crippen MR) is 137 cm³/mol. The lowest BCUT2D eigenvalue weighted by Gasteiger charge is -2.31. The first-order valence-corrected chi connectivity index (χ1v) is 13.7. The van der Waals surface area contributed by atoms with Gasteiger partial charge in [-0.1, -0.05) is 18.7 Å². The number of anilines is 1. The fourth-order valence-electron chi connectivity index (χ4n) is 3.84. The number of nitrogens with one attached hydrogen (secondary N) is 3. The Morgan fingerprint density at radius 3 is 2.39 bits per heavy atom. The third-order valence-electron chi connectivity index (χ3n) is 5.76. The number of carbonyl (C=O) groups is 3. The van der Waals surface area contributed by atoms with Gasteiger partial charge in [0.2, 0.25) is 5.91 Å². The Bertz CT molecular complexity index is 1130.